The minimum atomic E-state index is -3.89. The fraction of sp³-hybridized carbons (Fsp3) is 0.438. The number of nitrogens with one attached hydrogen (secondary N) is 1. The molecule has 0 aliphatic rings. The van der Waals surface area contributed by atoms with Gasteiger partial charge in [-0.15, -0.1) is 0 Å². The summed E-state index contributed by atoms with van der Waals surface area (Å²) in [5, 5.41) is 0. The van der Waals surface area contributed by atoms with Gasteiger partial charge in [0.2, 0.25) is 10.0 Å². The van der Waals surface area contributed by atoms with Crippen LogP contribution < -0.4 is 10.5 Å². The molecule has 3 aromatic rings. The fourth-order valence-corrected chi connectivity index (χ4v) is 6.76. The molecule has 0 saturated heterocycles. The molecular weight excluding hydrogens is 476 g/mol. The van der Waals surface area contributed by atoms with Crippen LogP contribution in [0.1, 0.15) is 81.4 Å². The maximum absolute atomic E-state index is 14.3. The van der Waals surface area contributed by atoms with Crippen molar-refractivity contribution >= 4 is 10.0 Å². The Kier molecular flexibility index (Phi) is 10.1. The average Bonchev–Trinajstić information content (AvgIpc) is 2.81. The predicted molar refractivity (Wildman–Crippen MR) is 155 cm³/mol. The van der Waals surface area contributed by atoms with E-state index >= 15 is 0 Å². The predicted octanol–water partition coefficient (Wildman–Crippen LogP) is 7.00. The van der Waals surface area contributed by atoms with Gasteiger partial charge in [-0.05, 0) is 64.8 Å². The van der Waals surface area contributed by atoms with E-state index in [2.05, 4.69) is 58.4 Å². The smallest absolute Gasteiger partial charge is 0.241 e. The number of rotatable bonds is 12. The van der Waals surface area contributed by atoms with Crippen LogP contribution in [0.2, 0.25) is 0 Å². The third kappa shape index (κ3) is 8.00. The Balaban J connectivity index is 2.16. The van der Waals surface area contributed by atoms with Crippen molar-refractivity contribution in [1.29, 1.82) is 0 Å². The number of benzene rings is 3. The summed E-state index contributed by atoms with van der Waals surface area (Å²) in [6.07, 6.45) is 2.33. The molecule has 0 aliphatic heterocycles. The van der Waals surface area contributed by atoms with Crippen molar-refractivity contribution in [2.45, 2.75) is 77.8 Å². The van der Waals surface area contributed by atoms with E-state index in [1.54, 1.807) is 0 Å². The van der Waals surface area contributed by atoms with Crippen LogP contribution in [0.3, 0.4) is 0 Å². The minimum absolute atomic E-state index is 0.326. The first-order valence-electron chi connectivity index (χ1n) is 13.5. The van der Waals surface area contributed by atoms with Crippen LogP contribution in [0.15, 0.2) is 77.7 Å². The lowest BCUT2D eigenvalue weighted by Crippen LogP contribution is -2.37. The Morgan fingerprint density at radius 2 is 1.11 bits per heavy atom. The van der Waals surface area contributed by atoms with E-state index in [9.17, 15) is 8.42 Å². The van der Waals surface area contributed by atoms with Gasteiger partial charge in [0, 0.05) is 0 Å². The molecule has 0 fully saturated rings. The first-order valence-corrected chi connectivity index (χ1v) is 15.0. The van der Waals surface area contributed by atoms with Crippen LogP contribution in [-0.4, -0.2) is 8.42 Å². The highest BCUT2D eigenvalue weighted by Crippen LogP contribution is 2.33. The van der Waals surface area contributed by atoms with E-state index < -0.39 is 22.1 Å². The summed E-state index contributed by atoms with van der Waals surface area (Å²) >= 11 is 0. The molecule has 3 aromatic carbocycles. The maximum atomic E-state index is 14.3. The zero-order valence-corrected chi connectivity index (χ0v) is 24.1. The van der Waals surface area contributed by atoms with Gasteiger partial charge in [0.25, 0.3) is 0 Å². The van der Waals surface area contributed by atoms with Crippen LogP contribution >= 0.6 is 0 Å². The molecule has 0 spiro atoms. The number of nitrogens with two attached hydrogens (primary N) is 1. The average molecular weight is 521 g/mol. The van der Waals surface area contributed by atoms with E-state index in [-0.39, 0.29) is 0 Å². The third-order valence-corrected chi connectivity index (χ3v) is 8.08. The van der Waals surface area contributed by atoms with Gasteiger partial charge in [-0.2, -0.15) is 0 Å². The molecule has 37 heavy (non-hydrogen) atoms. The molecule has 0 aliphatic carbocycles. The lowest BCUT2D eigenvalue weighted by molar-refractivity contribution is 0.501. The van der Waals surface area contributed by atoms with Gasteiger partial charge in [0.05, 0.1) is 17.0 Å². The number of sulfonamides is 1. The summed E-state index contributed by atoms with van der Waals surface area (Å²) in [5.74, 6) is 1.14. The standard InChI is InChI=1S/C32H44N2O2S/c1-22(2)17-25-20-28(18-23(3)4)32(29(21-25)19-24(5)6)37(35,36)34-31(27-15-11-8-12-16-27)30(33)26-13-9-7-10-14-26/h7-16,20-24,30-31,34H,17-19,33H2,1-6H3/t30-,31-/m0/s1. The van der Waals surface area contributed by atoms with Crippen molar-refractivity contribution in [1.82, 2.24) is 4.72 Å². The van der Waals surface area contributed by atoms with Crippen molar-refractivity contribution in [3.05, 3.63) is 101 Å². The Bertz CT molecular complexity index is 1210. The molecular formula is C32H44N2O2S. The normalized spacial score (nSPS) is 13.9. The first-order chi connectivity index (χ1) is 17.5. The van der Waals surface area contributed by atoms with Gasteiger partial charge in [-0.3, -0.25) is 0 Å². The van der Waals surface area contributed by atoms with Crippen molar-refractivity contribution < 1.29 is 8.42 Å². The zero-order chi connectivity index (χ0) is 27.2. The number of hydrogen-bond acceptors (Lipinski definition) is 3. The second-order valence-electron chi connectivity index (χ2n) is 11.5. The third-order valence-electron chi connectivity index (χ3n) is 6.46. The Hall–Kier alpha value is -2.47. The van der Waals surface area contributed by atoms with Crippen LogP contribution in [0.4, 0.5) is 0 Å². The van der Waals surface area contributed by atoms with Crippen molar-refractivity contribution in [2.75, 3.05) is 0 Å². The molecule has 0 radical (unpaired) electrons. The Labute approximate surface area is 224 Å². The molecule has 200 valence electrons. The van der Waals surface area contributed by atoms with E-state index in [0.717, 1.165) is 28.7 Å². The Morgan fingerprint density at radius 3 is 1.54 bits per heavy atom. The number of hydrogen-bond donors (Lipinski definition) is 2. The zero-order valence-electron chi connectivity index (χ0n) is 23.2. The fourth-order valence-electron chi connectivity index (χ4n) is 5.05. The molecule has 0 heterocycles. The van der Waals surface area contributed by atoms with Gasteiger partial charge in [-0.25, -0.2) is 13.1 Å². The van der Waals surface area contributed by atoms with Crippen molar-refractivity contribution in [2.24, 2.45) is 23.5 Å². The van der Waals surface area contributed by atoms with E-state index in [4.69, 9.17) is 5.73 Å². The molecule has 0 aromatic heterocycles. The SMILES string of the molecule is CC(C)Cc1cc(CC(C)C)c(S(=O)(=O)N[C@@H](c2ccccc2)[C@@H](N)c2ccccc2)c(CC(C)C)c1. The highest BCUT2D eigenvalue weighted by Gasteiger charge is 2.31. The van der Waals surface area contributed by atoms with Gasteiger partial charge < -0.3 is 5.73 Å². The van der Waals surface area contributed by atoms with Crippen LogP contribution in [0, 0.1) is 17.8 Å². The molecule has 0 amide bonds. The summed E-state index contributed by atoms with van der Waals surface area (Å²) in [6, 6.07) is 22.4. The van der Waals surface area contributed by atoms with Crippen LogP contribution in [0.5, 0.6) is 0 Å². The summed E-state index contributed by atoms with van der Waals surface area (Å²) in [4.78, 5) is 0.434. The van der Waals surface area contributed by atoms with E-state index in [0.29, 0.717) is 35.5 Å². The summed E-state index contributed by atoms with van der Waals surface area (Å²) in [5.41, 5.74) is 11.5. The molecule has 4 nitrogen and oxygen atoms in total. The monoisotopic (exact) mass is 520 g/mol. The molecule has 3 N–H and O–H groups in total. The summed E-state index contributed by atoms with van der Waals surface area (Å²) in [6.45, 7) is 13.0. The first kappa shape index (κ1) is 29.1. The highest BCUT2D eigenvalue weighted by molar-refractivity contribution is 7.89. The van der Waals surface area contributed by atoms with E-state index in [1.165, 1.54) is 5.56 Å². The second kappa shape index (κ2) is 12.9. The summed E-state index contributed by atoms with van der Waals surface area (Å²) in [7, 11) is -3.89. The highest BCUT2D eigenvalue weighted by atomic mass is 32.2. The molecule has 0 unspecified atom stereocenters. The topological polar surface area (TPSA) is 72.2 Å². The van der Waals surface area contributed by atoms with Gasteiger partial charge in [-0.1, -0.05) is 114 Å². The molecule has 2 atom stereocenters. The molecule has 0 saturated carbocycles. The van der Waals surface area contributed by atoms with Crippen molar-refractivity contribution in [3.8, 4) is 0 Å². The van der Waals surface area contributed by atoms with Crippen molar-refractivity contribution in [3.63, 3.8) is 0 Å². The molecule has 0 bridgehead atoms. The van der Waals surface area contributed by atoms with Crippen LogP contribution in [-0.2, 0) is 29.3 Å². The molecule has 3 rings (SSSR count). The Morgan fingerprint density at radius 1 is 0.676 bits per heavy atom. The lowest BCUT2D eigenvalue weighted by Gasteiger charge is -2.28. The second-order valence-corrected chi connectivity index (χ2v) is 13.1. The van der Waals surface area contributed by atoms with Gasteiger partial charge in [0.1, 0.15) is 0 Å². The lowest BCUT2D eigenvalue weighted by atomic mass is 9.91. The largest absolute Gasteiger partial charge is 0.322 e. The molecule has 5 heteroatoms. The van der Waals surface area contributed by atoms with Gasteiger partial charge >= 0.3 is 0 Å². The van der Waals surface area contributed by atoms with Crippen LogP contribution in [0.25, 0.3) is 0 Å². The minimum Gasteiger partial charge on any atom is -0.322 e. The quantitative estimate of drug-likeness (QED) is 0.270. The van der Waals surface area contributed by atoms with E-state index in [1.807, 2.05) is 60.7 Å². The maximum Gasteiger partial charge on any atom is 0.241 e. The summed E-state index contributed by atoms with van der Waals surface area (Å²) < 4.78 is 31.7. The van der Waals surface area contributed by atoms with Gasteiger partial charge in [0.15, 0.2) is 0 Å².